The average molecular weight is 394 g/mol. The van der Waals surface area contributed by atoms with Crippen molar-refractivity contribution in [3.8, 4) is 0 Å². The average Bonchev–Trinajstić information content (AvgIpc) is 2.98. The van der Waals surface area contributed by atoms with Crippen molar-refractivity contribution < 1.29 is 9.59 Å². The molecule has 0 bridgehead atoms. The minimum atomic E-state index is -0.279. The van der Waals surface area contributed by atoms with Gasteiger partial charge in [-0.15, -0.1) is 0 Å². The van der Waals surface area contributed by atoms with Crippen LogP contribution in [-0.2, 0) is 4.79 Å². The Morgan fingerprint density at radius 3 is 2.07 bits per heavy atom. The minimum absolute atomic E-state index is 0.00757. The van der Waals surface area contributed by atoms with Gasteiger partial charge in [-0.25, -0.2) is 9.69 Å². The van der Waals surface area contributed by atoms with E-state index in [4.69, 9.17) is 0 Å². The number of carbonyl (C=O) groups is 2. The van der Waals surface area contributed by atoms with Crippen LogP contribution in [0.2, 0.25) is 0 Å². The predicted octanol–water partition coefficient (Wildman–Crippen LogP) is 5.30. The van der Waals surface area contributed by atoms with Crippen molar-refractivity contribution in [2.75, 3.05) is 20.3 Å². The third kappa shape index (κ3) is 7.73. The summed E-state index contributed by atoms with van der Waals surface area (Å²) in [5.74, 6) is 0.328. The number of unbranched alkanes of at least 4 members (excludes halogenated alkanes) is 9. The molecule has 3 amide bonds. The Hall–Kier alpha value is -1.10. The lowest BCUT2D eigenvalue weighted by atomic mass is 9.84. The summed E-state index contributed by atoms with van der Waals surface area (Å²) < 4.78 is 0. The van der Waals surface area contributed by atoms with E-state index in [1.165, 1.54) is 81.9 Å². The van der Waals surface area contributed by atoms with Gasteiger partial charge < -0.3 is 5.32 Å². The molecule has 162 valence electrons. The molecule has 1 aliphatic carbocycles. The molecule has 1 saturated carbocycles. The summed E-state index contributed by atoms with van der Waals surface area (Å²) in [6.07, 6.45) is 19.0. The van der Waals surface area contributed by atoms with Crippen LogP contribution in [0.25, 0.3) is 0 Å². The molecule has 0 aromatic heterocycles. The highest BCUT2D eigenvalue weighted by Crippen LogP contribution is 2.29. The van der Waals surface area contributed by atoms with E-state index in [0.29, 0.717) is 12.6 Å². The fourth-order valence-corrected chi connectivity index (χ4v) is 4.64. The van der Waals surface area contributed by atoms with Gasteiger partial charge in [0.25, 0.3) is 5.91 Å². The van der Waals surface area contributed by atoms with Crippen LogP contribution in [0.15, 0.2) is 0 Å². The second kappa shape index (κ2) is 13.2. The number of imide groups is 1. The third-order valence-corrected chi connectivity index (χ3v) is 6.45. The quantitative estimate of drug-likeness (QED) is 0.322. The molecule has 1 atom stereocenters. The Labute approximate surface area is 172 Å². The second-order valence-electron chi connectivity index (χ2n) is 8.99. The number of hydrogen-bond donors (Lipinski definition) is 1. The van der Waals surface area contributed by atoms with E-state index in [1.807, 2.05) is 7.05 Å². The van der Waals surface area contributed by atoms with Gasteiger partial charge in [-0.3, -0.25) is 9.69 Å². The van der Waals surface area contributed by atoms with Gasteiger partial charge in [0.05, 0.1) is 6.67 Å². The standard InChI is InChI=1S/C23H43N3O2/c1-3-4-5-6-7-8-9-10-11-15-18-25(2)19-26-22(27)21(24-23(26)28)20-16-13-12-14-17-20/h20-21H,3-19H2,1-2H3,(H,24,28). The summed E-state index contributed by atoms with van der Waals surface area (Å²) in [6, 6.07) is -0.478. The zero-order valence-electron chi connectivity index (χ0n) is 18.4. The molecular formula is C23H43N3O2. The van der Waals surface area contributed by atoms with Gasteiger partial charge in [0.1, 0.15) is 6.04 Å². The molecule has 1 N–H and O–H groups in total. The van der Waals surface area contributed by atoms with E-state index in [-0.39, 0.29) is 18.0 Å². The molecule has 2 fully saturated rings. The summed E-state index contributed by atoms with van der Waals surface area (Å²) in [4.78, 5) is 28.5. The van der Waals surface area contributed by atoms with E-state index >= 15 is 0 Å². The van der Waals surface area contributed by atoms with Crippen molar-refractivity contribution in [1.82, 2.24) is 15.1 Å². The Kier molecular flexibility index (Phi) is 10.9. The van der Waals surface area contributed by atoms with Crippen molar-refractivity contribution in [1.29, 1.82) is 0 Å². The Morgan fingerprint density at radius 2 is 1.46 bits per heavy atom. The molecule has 2 rings (SSSR count). The number of rotatable bonds is 14. The summed E-state index contributed by atoms with van der Waals surface area (Å²) >= 11 is 0. The zero-order valence-corrected chi connectivity index (χ0v) is 18.4. The molecule has 1 saturated heterocycles. The largest absolute Gasteiger partial charge is 0.325 e. The van der Waals surface area contributed by atoms with Crippen molar-refractivity contribution in [3.63, 3.8) is 0 Å². The highest BCUT2D eigenvalue weighted by molar-refractivity contribution is 6.04. The summed E-state index contributed by atoms with van der Waals surface area (Å²) in [5.41, 5.74) is 0. The lowest BCUT2D eigenvalue weighted by Gasteiger charge is -2.26. The lowest BCUT2D eigenvalue weighted by molar-refractivity contribution is -0.130. The van der Waals surface area contributed by atoms with Crippen molar-refractivity contribution in [2.45, 2.75) is 109 Å². The first-order chi connectivity index (χ1) is 13.6. The smallest absolute Gasteiger partial charge is 0.325 e. The fourth-order valence-electron chi connectivity index (χ4n) is 4.64. The van der Waals surface area contributed by atoms with Gasteiger partial charge >= 0.3 is 6.03 Å². The molecular weight excluding hydrogens is 350 g/mol. The van der Waals surface area contributed by atoms with E-state index < -0.39 is 0 Å². The van der Waals surface area contributed by atoms with Gasteiger partial charge in [0.15, 0.2) is 0 Å². The Bertz CT molecular complexity index is 463. The summed E-state index contributed by atoms with van der Waals surface area (Å²) in [5, 5.41) is 2.95. The third-order valence-electron chi connectivity index (χ3n) is 6.45. The first kappa shape index (κ1) is 23.2. The predicted molar refractivity (Wildman–Crippen MR) is 115 cm³/mol. The van der Waals surface area contributed by atoms with Gasteiger partial charge in [-0.2, -0.15) is 0 Å². The van der Waals surface area contributed by atoms with Gasteiger partial charge in [-0.05, 0) is 38.8 Å². The topological polar surface area (TPSA) is 52.6 Å². The Balaban J connectivity index is 1.55. The molecule has 28 heavy (non-hydrogen) atoms. The van der Waals surface area contributed by atoms with E-state index in [1.54, 1.807) is 0 Å². The maximum absolute atomic E-state index is 12.7. The monoisotopic (exact) mass is 393 g/mol. The van der Waals surface area contributed by atoms with E-state index in [0.717, 1.165) is 25.8 Å². The molecule has 1 aliphatic heterocycles. The van der Waals surface area contributed by atoms with Gasteiger partial charge in [0.2, 0.25) is 0 Å². The molecule has 0 radical (unpaired) electrons. The molecule has 5 heteroatoms. The molecule has 5 nitrogen and oxygen atoms in total. The van der Waals surface area contributed by atoms with Crippen LogP contribution >= 0.6 is 0 Å². The van der Waals surface area contributed by atoms with Crippen molar-refractivity contribution in [2.24, 2.45) is 5.92 Å². The number of carbonyl (C=O) groups excluding carboxylic acids is 2. The van der Waals surface area contributed by atoms with Crippen LogP contribution in [-0.4, -0.2) is 48.0 Å². The number of urea groups is 1. The van der Waals surface area contributed by atoms with Crippen LogP contribution in [0, 0.1) is 5.92 Å². The molecule has 2 aliphatic rings. The van der Waals surface area contributed by atoms with Crippen LogP contribution in [0.4, 0.5) is 4.79 Å². The zero-order chi connectivity index (χ0) is 20.2. The second-order valence-corrected chi connectivity index (χ2v) is 8.99. The summed E-state index contributed by atoms with van der Waals surface area (Å²) in [7, 11) is 2.02. The SMILES string of the molecule is CCCCCCCCCCCCN(C)CN1C(=O)NC(C2CCCCC2)C1=O. The number of hydrogen-bond acceptors (Lipinski definition) is 3. The van der Waals surface area contributed by atoms with Gasteiger partial charge in [0, 0.05) is 0 Å². The van der Waals surface area contributed by atoms with E-state index in [9.17, 15) is 9.59 Å². The first-order valence-electron chi connectivity index (χ1n) is 11.9. The highest BCUT2D eigenvalue weighted by Gasteiger charge is 2.42. The molecule has 0 aromatic rings. The maximum Gasteiger partial charge on any atom is 0.325 e. The van der Waals surface area contributed by atoms with Crippen LogP contribution in [0.1, 0.15) is 103 Å². The summed E-state index contributed by atoms with van der Waals surface area (Å²) in [6.45, 7) is 3.63. The number of amides is 3. The minimum Gasteiger partial charge on any atom is -0.325 e. The lowest BCUT2D eigenvalue weighted by Crippen LogP contribution is -2.41. The highest BCUT2D eigenvalue weighted by atomic mass is 16.2. The van der Waals surface area contributed by atoms with Crippen LogP contribution in [0.3, 0.4) is 0 Å². The van der Waals surface area contributed by atoms with Crippen LogP contribution < -0.4 is 5.32 Å². The van der Waals surface area contributed by atoms with Crippen molar-refractivity contribution in [3.05, 3.63) is 0 Å². The molecule has 0 spiro atoms. The van der Waals surface area contributed by atoms with Gasteiger partial charge in [-0.1, -0.05) is 84.0 Å². The van der Waals surface area contributed by atoms with E-state index in [2.05, 4.69) is 17.1 Å². The van der Waals surface area contributed by atoms with Crippen molar-refractivity contribution >= 4 is 11.9 Å². The maximum atomic E-state index is 12.7. The Morgan fingerprint density at radius 1 is 0.893 bits per heavy atom. The normalized spacial score (nSPS) is 21.0. The number of nitrogens with one attached hydrogen (secondary N) is 1. The van der Waals surface area contributed by atoms with Crippen LogP contribution in [0.5, 0.6) is 0 Å². The fraction of sp³-hybridized carbons (Fsp3) is 0.913. The molecule has 0 aromatic carbocycles. The molecule has 1 heterocycles. The first-order valence-corrected chi connectivity index (χ1v) is 11.9. The number of nitrogens with zero attached hydrogens (tertiary/aromatic N) is 2. The molecule has 1 unspecified atom stereocenters.